The van der Waals surface area contributed by atoms with Crippen molar-refractivity contribution in [1.82, 2.24) is 15.0 Å². The van der Waals surface area contributed by atoms with Crippen LogP contribution >= 0.6 is 0 Å². The Morgan fingerprint density at radius 3 is 2.58 bits per heavy atom. The Morgan fingerprint density at radius 1 is 1.03 bits per heavy atom. The average molecular weight is 477 g/mol. The highest BCUT2D eigenvalue weighted by molar-refractivity contribution is 6.10. The third kappa shape index (κ3) is 3.43. The van der Waals surface area contributed by atoms with E-state index < -0.39 is 5.97 Å². The van der Waals surface area contributed by atoms with Gasteiger partial charge in [0.25, 0.3) is 0 Å². The lowest BCUT2D eigenvalue weighted by molar-refractivity contribution is -0.136. The molecule has 1 aliphatic heterocycles. The number of carboxylic acid groups (broad SMARTS) is 1. The summed E-state index contributed by atoms with van der Waals surface area (Å²) in [6.45, 7) is 4.68. The molecule has 0 amide bonds. The van der Waals surface area contributed by atoms with Gasteiger partial charge in [0.15, 0.2) is 0 Å². The van der Waals surface area contributed by atoms with Gasteiger partial charge in [0.2, 0.25) is 5.95 Å². The van der Waals surface area contributed by atoms with Gasteiger partial charge in [0.05, 0.1) is 18.5 Å². The fraction of sp³-hybridized carbons (Fsp3) is 0.172. The summed E-state index contributed by atoms with van der Waals surface area (Å²) in [5.41, 5.74) is 14.2. The summed E-state index contributed by atoms with van der Waals surface area (Å²) in [6, 6.07) is 12.2. The molecule has 3 N–H and O–H groups in total. The summed E-state index contributed by atoms with van der Waals surface area (Å²) in [4.78, 5) is 25.0. The van der Waals surface area contributed by atoms with E-state index in [2.05, 4.69) is 29.0 Å². The summed E-state index contributed by atoms with van der Waals surface area (Å²) >= 11 is 0. The van der Waals surface area contributed by atoms with Gasteiger partial charge in [-0.2, -0.15) is 0 Å². The number of aliphatic carboxylic acids is 1. The van der Waals surface area contributed by atoms with Crippen LogP contribution in [-0.2, 0) is 17.6 Å². The van der Waals surface area contributed by atoms with Gasteiger partial charge in [-0.05, 0) is 76.2 Å². The summed E-state index contributed by atoms with van der Waals surface area (Å²) in [5.74, 6) is 0.180. The first kappa shape index (κ1) is 22.0. The van der Waals surface area contributed by atoms with Gasteiger partial charge in [0, 0.05) is 41.5 Å². The predicted molar refractivity (Wildman–Crippen MR) is 140 cm³/mol. The van der Waals surface area contributed by atoms with Crippen molar-refractivity contribution < 1.29 is 14.6 Å². The van der Waals surface area contributed by atoms with Crippen LogP contribution in [0, 0.1) is 13.8 Å². The molecule has 0 saturated heterocycles. The predicted octanol–water partition coefficient (Wildman–Crippen LogP) is 5.27. The molecule has 0 fully saturated rings. The van der Waals surface area contributed by atoms with Crippen molar-refractivity contribution >= 4 is 33.6 Å². The molecule has 0 bridgehead atoms. The van der Waals surface area contributed by atoms with E-state index in [9.17, 15) is 9.90 Å². The Labute approximate surface area is 207 Å². The quantitative estimate of drug-likeness (QED) is 0.363. The fourth-order valence-electron chi connectivity index (χ4n) is 5.38. The maximum Gasteiger partial charge on any atom is 0.307 e. The number of fused-ring (bicyclic) bond motifs is 1. The Morgan fingerprint density at radius 2 is 1.81 bits per heavy atom. The number of nitrogen functional groups attached to an aromatic ring is 1. The molecule has 36 heavy (non-hydrogen) atoms. The molecule has 1 aliphatic rings. The fourth-order valence-corrected chi connectivity index (χ4v) is 5.38. The second-order valence-electron chi connectivity index (χ2n) is 9.18. The summed E-state index contributed by atoms with van der Waals surface area (Å²) in [7, 11) is 0. The Kier molecular flexibility index (Phi) is 5.07. The Hall–Kier alpha value is -4.52. The van der Waals surface area contributed by atoms with Gasteiger partial charge >= 0.3 is 5.97 Å². The molecule has 0 aliphatic carbocycles. The van der Waals surface area contributed by atoms with E-state index in [0.29, 0.717) is 6.61 Å². The number of nitrogens with two attached hydrogens (primary N) is 1. The third-order valence-corrected chi connectivity index (χ3v) is 7.07. The topological polar surface area (TPSA) is 111 Å². The van der Waals surface area contributed by atoms with Crippen molar-refractivity contribution in [3.8, 4) is 28.0 Å². The van der Waals surface area contributed by atoms with Crippen molar-refractivity contribution in [2.75, 3.05) is 12.3 Å². The van der Waals surface area contributed by atoms with Crippen LogP contribution in [0.4, 0.5) is 5.95 Å². The van der Waals surface area contributed by atoms with E-state index in [0.717, 1.165) is 72.8 Å². The van der Waals surface area contributed by atoms with Gasteiger partial charge < -0.3 is 15.6 Å². The molecule has 3 heterocycles. The second-order valence-corrected chi connectivity index (χ2v) is 9.18. The van der Waals surface area contributed by atoms with Crippen LogP contribution in [0.3, 0.4) is 0 Å². The van der Waals surface area contributed by atoms with Gasteiger partial charge in [-0.15, -0.1) is 0 Å². The van der Waals surface area contributed by atoms with Crippen LogP contribution < -0.4 is 10.5 Å². The lowest BCUT2D eigenvalue weighted by Gasteiger charge is -2.22. The first-order valence-corrected chi connectivity index (χ1v) is 11.8. The molecule has 3 aromatic carbocycles. The maximum absolute atomic E-state index is 11.9. The minimum atomic E-state index is -0.870. The minimum Gasteiger partial charge on any atom is -0.493 e. The number of pyridine rings is 1. The van der Waals surface area contributed by atoms with Gasteiger partial charge in [-0.25, -0.2) is 9.97 Å². The molecule has 6 rings (SSSR count). The largest absolute Gasteiger partial charge is 0.493 e. The number of aromatic nitrogens is 3. The Bertz CT molecular complexity index is 1680. The smallest absolute Gasteiger partial charge is 0.307 e. The number of aryl methyl sites for hydroxylation is 2. The van der Waals surface area contributed by atoms with E-state index in [4.69, 9.17) is 15.5 Å². The first-order valence-electron chi connectivity index (χ1n) is 11.8. The summed E-state index contributed by atoms with van der Waals surface area (Å²) in [5, 5.41) is 12.8. The van der Waals surface area contributed by atoms with Crippen LogP contribution in [0.25, 0.3) is 43.9 Å². The molecule has 178 valence electrons. The van der Waals surface area contributed by atoms with Crippen LogP contribution in [0.5, 0.6) is 5.75 Å². The number of hydrogen-bond acceptors (Lipinski definition) is 6. The molecule has 0 saturated carbocycles. The average Bonchev–Trinajstić information content (AvgIpc) is 2.87. The summed E-state index contributed by atoms with van der Waals surface area (Å²) in [6.07, 6.45) is 6.01. The number of hydrogen-bond donors (Lipinski definition) is 2. The number of anilines is 1. The molecule has 7 nitrogen and oxygen atoms in total. The maximum atomic E-state index is 11.9. The zero-order chi connectivity index (χ0) is 25.0. The lowest BCUT2D eigenvalue weighted by atomic mass is 9.84. The van der Waals surface area contributed by atoms with Crippen LogP contribution in [0.2, 0.25) is 0 Å². The molecule has 2 aromatic heterocycles. The number of carbonyl (C=O) groups is 1. The van der Waals surface area contributed by atoms with Gasteiger partial charge in [-0.3, -0.25) is 9.78 Å². The normalized spacial score (nSPS) is 12.6. The van der Waals surface area contributed by atoms with Gasteiger partial charge in [0.1, 0.15) is 5.75 Å². The molecule has 0 unspecified atom stereocenters. The second kappa shape index (κ2) is 8.30. The monoisotopic (exact) mass is 476 g/mol. The molecular formula is C29H24N4O3. The van der Waals surface area contributed by atoms with Crippen LogP contribution in [0.15, 0.2) is 55.0 Å². The lowest BCUT2D eigenvalue weighted by Crippen LogP contribution is -2.10. The van der Waals surface area contributed by atoms with Crippen molar-refractivity contribution in [3.05, 3.63) is 77.2 Å². The van der Waals surface area contributed by atoms with Crippen LogP contribution in [0.1, 0.15) is 22.3 Å². The SMILES string of the molecule is Cc1cc2c(C)c(-c3cnc(N)nc3)ccc2c(-c2ccc3c4c(ccnc24)CCO3)c1CC(=O)O. The van der Waals surface area contributed by atoms with Crippen molar-refractivity contribution in [2.45, 2.75) is 26.7 Å². The number of benzene rings is 3. The zero-order valence-electron chi connectivity index (χ0n) is 20.0. The molecule has 0 spiro atoms. The van der Waals surface area contributed by atoms with Gasteiger partial charge in [-0.1, -0.05) is 18.2 Å². The standard InChI is InChI=1S/C29H24N4O3/c1-15-11-23-16(2)19(18-13-32-29(30)33-14-18)3-4-20(23)27(22(15)12-25(34)35)21-5-6-24-26-17(8-10-36-24)7-9-31-28(21)26/h3-7,9,11,13-14H,8,10,12H2,1-2H3,(H,34,35)(H2,30,32,33). The number of nitrogens with zero attached hydrogens (tertiary/aromatic N) is 3. The van der Waals surface area contributed by atoms with E-state index in [1.807, 2.05) is 37.4 Å². The van der Waals surface area contributed by atoms with Crippen LogP contribution in [-0.4, -0.2) is 32.6 Å². The highest BCUT2D eigenvalue weighted by Crippen LogP contribution is 2.43. The molecular weight excluding hydrogens is 452 g/mol. The third-order valence-electron chi connectivity index (χ3n) is 7.07. The van der Waals surface area contributed by atoms with E-state index >= 15 is 0 Å². The molecule has 5 aromatic rings. The highest BCUT2D eigenvalue weighted by Gasteiger charge is 2.23. The molecule has 0 radical (unpaired) electrons. The number of rotatable bonds is 4. The van der Waals surface area contributed by atoms with Crippen molar-refractivity contribution in [2.24, 2.45) is 0 Å². The molecule has 7 heteroatoms. The van der Waals surface area contributed by atoms with E-state index in [1.54, 1.807) is 12.4 Å². The summed E-state index contributed by atoms with van der Waals surface area (Å²) < 4.78 is 5.93. The number of ether oxygens (including phenoxy) is 1. The van der Waals surface area contributed by atoms with E-state index in [1.165, 1.54) is 5.56 Å². The highest BCUT2D eigenvalue weighted by atomic mass is 16.5. The first-order chi connectivity index (χ1) is 17.4. The molecule has 0 atom stereocenters. The minimum absolute atomic E-state index is 0.0802. The van der Waals surface area contributed by atoms with Crippen molar-refractivity contribution in [1.29, 1.82) is 0 Å². The van der Waals surface area contributed by atoms with E-state index in [-0.39, 0.29) is 12.4 Å². The zero-order valence-corrected chi connectivity index (χ0v) is 20.0. The Balaban J connectivity index is 1.69. The number of carboxylic acids is 1. The van der Waals surface area contributed by atoms with Crippen molar-refractivity contribution in [3.63, 3.8) is 0 Å².